The predicted molar refractivity (Wildman–Crippen MR) is 136 cm³/mol. The Labute approximate surface area is 211 Å². The van der Waals surface area contributed by atoms with Crippen molar-refractivity contribution in [1.82, 2.24) is 29.7 Å². The Morgan fingerprint density at radius 3 is 2.54 bits per heavy atom. The van der Waals surface area contributed by atoms with Gasteiger partial charge in [-0.1, -0.05) is 29.8 Å². The summed E-state index contributed by atoms with van der Waals surface area (Å²) in [6.07, 6.45) is 0. The van der Waals surface area contributed by atoms with Crippen molar-refractivity contribution in [3.05, 3.63) is 69.6 Å². The zero-order valence-electron chi connectivity index (χ0n) is 18.9. The maximum atomic E-state index is 13.3. The maximum Gasteiger partial charge on any atom is 0.273 e. The van der Waals surface area contributed by atoms with Crippen LogP contribution in [-0.2, 0) is 0 Å². The molecular formula is C25H23ClN6O2S. The largest absolute Gasteiger partial charge is 0.338 e. The van der Waals surface area contributed by atoms with Crippen LogP contribution in [0, 0.1) is 0 Å². The predicted octanol–water partition coefficient (Wildman–Crippen LogP) is 3.62. The zero-order valence-corrected chi connectivity index (χ0v) is 20.4. The first-order chi connectivity index (χ1) is 17.1. The number of H-pyrrole nitrogens is 1. The van der Waals surface area contributed by atoms with Crippen LogP contribution >= 0.6 is 22.9 Å². The molecule has 0 aliphatic carbocycles. The smallest absolute Gasteiger partial charge is 0.273 e. The summed E-state index contributed by atoms with van der Waals surface area (Å²) >= 11 is 7.57. The van der Waals surface area contributed by atoms with Crippen molar-refractivity contribution in [2.45, 2.75) is 6.04 Å². The second-order valence-electron chi connectivity index (χ2n) is 8.86. The lowest BCUT2D eigenvalue weighted by atomic mass is 10.0. The SMILES string of the molecule is O=C(c1cscn1)N1CCN(C2CN(C(=O)c3cccc4[nH]c(-c5cccc(Cl)c5)nc34)C2)CC1. The Kier molecular flexibility index (Phi) is 5.75. The summed E-state index contributed by atoms with van der Waals surface area (Å²) < 4.78 is 0. The van der Waals surface area contributed by atoms with Gasteiger partial charge in [-0.05, 0) is 24.3 Å². The van der Waals surface area contributed by atoms with Crippen molar-refractivity contribution >= 4 is 45.8 Å². The third kappa shape index (κ3) is 4.20. The van der Waals surface area contributed by atoms with Gasteiger partial charge in [-0.25, -0.2) is 9.97 Å². The monoisotopic (exact) mass is 506 g/mol. The number of hydrogen-bond donors (Lipinski definition) is 1. The fraction of sp³-hybridized carbons (Fsp3) is 0.280. The number of carbonyl (C=O) groups excluding carboxylic acids is 2. The lowest BCUT2D eigenvalue weighted by Crippen LogP contribution is -2.64. The average Bonchev–Trinajstić information content (AvgIpc) is 3.53. The van der Waals surface area contributed by atoms with Crippen LogP contribution in [0.4, 0.5) is 0 Å². The molecule has 0 spiro atoms. The van der Waals surface area contributed by atoms with E-state index in [9.17, 15) is 9.59 Å². The van der Waals surface area contributed by atoms with E-state index in [1.165, 1.54) is 11.3 Å². The lowest BCUT2D eigenvalue weighted by molar-refractivity contribution is 0.00853. The van der Waals surface area contributed by atoms with E-state index in [0.717, 1.165) is 24.2 Å². The molecule has 35 heavy (non-hydrogen) atoms. The zero-order chi connectivity index (χ0) is 23.9. The van der Waals surface area contributed by atoms with Crippen molar-refractivity contribution in [2.75, 3.05) is 39.3 Å². The van der Waals surface area contributed by atoms with Crippen molar-refractivity contribution in [1.29, 1.82) is 0 Å². The first-order valence-electron chi connectivity index (χ1n) is 11.5. The molecule has 2 aliphatic rings. The number of amides is 2. The number of thiazole rings is 1. The summed E-state index contributed by atoms with van der Waals surface area (Å²) in [5, 5.41) is 2.43. The van der Waals surface area contributed by atoms with E-state index in [0.29, 0.717) is 59.8 Å². The number of hydrogen-bond acceptors (Lipinski definition) is 6. The van der Waals surface area contributed by atoms with Crippen LogP contribution in [0.5, 0.6) is 0 Å². The van der Waals surface area contributed by atoms with E-state index >= 15 is 0 Å². The Hall–Kier alpha value is -3.27. The van der Waals surface area contributed by atoms with Crippen molar-refractivity contribution in [3.63, 3.8) is 0 Å². The summed E-state index contributed by atoms with van der Waals surface area (Å²) in [7, 11) is 0. The molecule has 2 fully saturated rings. The summed E-state index contributed by atoms with van der Waals surface area (Å²) in [6.45, 7) is 4.34. The molecule has 0 unspecified atom stereocenters. The molecule has 2 saturated heterocycles. The molecule has 0 saturated carbocycles. The van der Waals surface area contributed by atoms with Crippen LogP contribution in [0.1, 0.15) is 20.8 Å². The van der Waals surface area contributed by atoms with Gasteiger partial charge in [0.25, 0.3) is 11.8 Å². The molecular weight excluding hydrogens is 484 g/mol. The number of likely N-dealkylation sites (tertiary alicyclic amines) is 1. The van der Waals surface area contributed by atoms with Crippen molar-refractivity contribution < 1.29 is 9.59 Å². The number of aromatic nitrogens is 3. The maximum absolute atomic E-state index is 13.3. The molecule has 2 aromatic heterocycles. The Balaban J connectivity index is 1.10. The Morgan fingerprint density at radius 2 is 1.80 bits per heavy atom. The van der Waals surface area contributed by atoms with Gasteiger partial charge in [0, 0.05) is 61.3 Å². The fourth-order valence-corrected chi connectivity index (χ4v) is 5.49. The molecule has 178 valence electrons. The second-order valence-corrected chi connectivity index (χ2v) is 10.0. The number of nitrogens with zero attached hydrogens (tertiary/aromatic N) is 5. The number of carbonyl (C=O) groups is 2. The lowest BCUT2D eigenvalue weighted by Gasteiger charge is -2.48. The van der Waals surface area contributed by atoms with Gasteiger partial charge in [-0.2, -0.15) is 0 Å². The van der Waals surface area contributed by atoms with E-state index < -0.39 is 0 Å². The minimum Gasteiger partial charge on any atom is -0.338 e. The van der Waals surface area contributed by atoms with E-state index in [1.54, 1.807) is 10.9 Å². The van der Waals surface area contributed by atoms with Crippen molar-refractivity contribution in [2.24, 2.45) is 0 Å². The molecule has 2 aliphatic heterocycles. The molecule has 0 radical (unpaired) electrons. The molecule has 0 atom stereocenters. The number of imidazole rings is 1. The topological polar surface area (TPSA) is 85.4 Å². The van der Waals surface area contributed by atoms with Crippen LogP contribution in [0.2, 0.25) is 5.02 Å². The summed E-state index contributed by atoms with van der Waals surface area (Å²) in [6, 6.07) is 13.5. The molecule has 6 rings (SSSR count). The van der Waals surface area contributed by atoms with Gasteiger partial charge in [0.15, 0.2) is 0 Å². The number of rotatable bonds is 4. The number of aromatic amines is 1. The summed E-state index contributed by atoms with van der Waals surface area (Å²) in [5.41, 5.74) is 5.18. The third-order valence-electron chi connectivity index (χ3n) is 6.76. The van der Waals surface area contributed by atoms with E-state index in [2.05, 4.69) is 14.9 Å². The van der Waals surface area contributed by atoms with Crippen LogP contribution in [0.3, 0.4) is 0 Å². The number of fused-ring (bicyclic) bond motifs is 1. The highest BCUT2D eigenvalue weighted by molar-refractivity contribution is 7.07. The first-order valence-corrected chi connectivity index (χ1v) is 12.8. The van der Waals surface area contributed by atoms with E-state index in [4.69, 9.17) is 16.6 Å². The molecule has 4 heterocycles. The summed E-state index contributed by atoms with van der Waals surface area (Å²) in [4.78, 5) is 44.1. The van der Waals surface area contributed by atoms with Gasteiger partial charge in [-0.3, -0.25) is 14.5 Å². The average molecular weight is 507 g/mol. The minimum absolute atomic E-state index is 0.000513. The minimum atomic E-state index is -0.00617. The van der Waals surface area contributed by atoms with Gasteiger partial charge in [0.1, 0.15) is 17.0 Å². The van der Waals surface area contributed by atoms with Gasteiger partial charge in [0.05, 0.1) is 16.6 Å². The van der Waals surface area contributed by atoms with Gasteiger partial charge in [0.2, 0.25) is 0 Å². The van der Waals surface area contributed by atoms with Crippen LogP contribution in [0.15, 0.2) is 53.4 Å². The van der Waals surface area contributed by atoms with Gasteiger partial charge >= 0.3 is 0 Å². The molecule has 10 heteroatoms. The quantitative estimate of drug-likeness (QED) is 0.457. The normalized spacial score (nSPS) is 17.1. The Bertz CT molecular complexity index is 1390. The summed E-state index contributed by atoms with van der Waals surface area (Å²) in [5.74, 6) is 0.684. The highest BCUT2D eigenvalue weighted by Gasteiger charge is 2.37. The molecule has 2 aromatic carbocycles. The van der Waals surface area contributed by atoms with E-state index in [-0.39, 0.29) is 11.8 Å². The molecule has 1 N–H and O–H groups in total. The van der Waals surface area contributed by atoms with Crippen LogP contribution < -0.4 is 0 Å². The van der Waals surface area contributed by atoms with Crippen LogP contribution in [0.25, 0.3) is 22.4 Å². The standard InChI is InChI=1S/C25H23ClN6O2S/c26-17-4-1-3-16(11-17)23-28-20-6-2-5-19(22(20)29-23)24(33)32-12-18(13-32)30-7-9-31(10-8-30)25(34)21-14-35-15-27-21/h1-6,11,14-15,18H,7-10,12-13H2,(H,28,29). The number of nitrogens with one attached hydrogen (secondary N) is 1. The van der Waals surface area contributed by atoms with Gasteiger partial charge < -0.3 is 14.8 Å². The number of piperazine rings is 1. The number of para-hydroxylation sites is 1. The highest BCUT2D eigenvalue weighted by Crippen LogP contribution is 2.27. The second kappa shape index (κ2) is 9.07. The molecule has 0 bridgehead atoms. The molecule has 8 nitrogen and oxygen atoms in total. The van der Waals surface area contributed by atoms with Crippen molar-refractivity contribution in [3.8, 4) is 11.4 Å². The number of benzene rings is 2. The highest BCUT2D eigenvalue weighted by atomic mass is 35.5. The molecule has 2 amide bonds. The van der Waals surface area contributed by atoms with E-state index in [1.807, 2.05) is 52.3 Å². The Morgan fingerprint density at radius 1 is 1.00 bits per heavy atom. The first kappa shape index (κ1) is 22.2. The number of halogens is 1. The fourth-order valence-electron chi connectivity index (χ4n) is 4.77. The molecule has 4 aromatic rings. The third-order valence-corrected chi connectivity index (χ3v) is 7.58. The van der Waals surface area contributed by atoms with Crippen LogP contribution in [-0.4, -0.2) is 86.8 Å². The van der Waals surface area contributed by atoms with Gasteiger partial charge in [-0.15, -0.1) is 11.3 Å².